The Morgan fingerprint density at radius 1 is 1.07 bits per heavy atom. The molecule has 1 atom stereocenters. The van der Waals surface area contributed by atoms with Crippen LogP contribution in [0, 0.1) is 13.8 Å². The summed E-state index contributed by atoms with van der Waals surface area (Å²) in [5, 5.41) is 12.5. The number of amides is 1. The number of nitrogens with zero attached hydrogens (tertiary/aromatic N) is 1. The molecule has 3 aromatic rings. The van der Waals surface area contributed by atoms with Gasteiger partial charge in [0.05, 0.1) is 27.5 Å². The van der Waals surface area contributed by atoms with Crippen LogP contribution in [0.15, 0.2) is 47.4 Å². The van der Waals surface area contributed by atoms with Crippen LogP contribution >= 0.6 is 11.3 Å². The highest BCUT2D eigenvalue weighted by molar-refractivity contribution is 7.92. The van der Waals surface area contributed by atoms with Crippen LogP contribution in [0.4, 0.5) is 5.13 Å². The van der Waals surface area contributed by atoms with Crippen molar-refractivity contribution in [2.45, 2.75) is 61.9 Å². The third-order valence-corrected chi connectivity index (χ3v) is 10.1. The van der Waals surface area contributed by atoms with Crippen molar-refractivity contribution >= 4 is 38.2 Å². The van der Waals surface area contributed by atoms with E-state index >= 15 is 0 Å². The number of hydrogen-bond donors (Lipinski definition) is 2. The first-order valence-corrected chi connectivity index (χ1v) is 15.4. The van der Waals surface area contributed by atoms with E-state index in [-0.39, 0.29) is 21.8 Å². The van der Waals surface area contributed by atoms with Crippen LogP contribution in [0.1, 0.15) is 59.0 Å². The first-order chi connectivity index (χ1) is 19.1. The number of hydrogen-bond acceptors (Lipinski definition) is 9. The molecule has 1 aliphatic heterocycles. The summed E-state index contributed by atoms with van der Waals surface area (Å²) in [6.45, 7) is 4.51. The third-order valence-electron chi connectivity index (χ3n) is 6.83. The van der Waals surface area contributed by atoms with Gasteiger partial charge in [0.25, 0.3) is 5.91 Å². The zero-order valence-electron chi connectivity index (χ0n) is 22.1. The van der Waals surface area contributed by atoms with Gasteiger partial charge in [0.2, 0.25) is 5.06 Å². The number of nitrogens with one attached hydrogen (secondary N) is 1. The number of anilines is 1. The minimum absolute atomic E-state index is 0.187. The Bertz CT molecular complexity index is 1510. The molecule has 5 rings (SSSR count). The van der Waals surface area contributed by atoms with Gasteiger partial charge in [0.15, 0.2) is 21.1 Å². The van der Waals surface area contributed by atoms with Gasteiger partial charge in [-0.3, -0.25) is 10.1 Å². The molecule has 212 valence electrons. The summed E-state index contributed by atoms with van der Waals surface area (Å²) in [7, 11) is -3.35. The SMILES string of the molecule is Cc1cc(Oc2sc(NC(=O)C(OC3CCOCC3)c3ccc(S(=O)(=O)C4CC4)cc3)nc2C)ccc1C(=O)O. The summed E-state index contributed by atoms with van der Waals surface area (Å²) >= 11 is 1.14. The van der Waals surface area contributed by atoms with Gasteiger partial charge >= 0.3 is 5.97 Å². The lowest BCUT2D eigenvalue weighted by Gasteiger charge is -2.27. The molecular weight excluding hydrogens is 556 g/mol. The Labute approximate surface area is 236 Å². The second-order valence-corrected chi connectivity index (χ2v) is 13.1. The summed E-state index contributed by atoms with van der Waals surface area (Å²) in [5.74, 6) is -1.000. The number of aryl methyl sites for hydroxylation is 2. The highest BCUT2D eigenvalue weighted by Crippen LogP contribution is 2.37. The van der Waals surface area contributed by atoms with Crippen LogP contribution < -0.4 is 10.1 Å². The van der Waals surface area contributed by atoms with E-state index in [1.54, 1.807) is 38.1 Å². The molecule has 0 radical (unpaired) electrons. The van der Waals surface area contributed by atoms with E-state index in [4.69, 9.17) is 14.2 Å². The van der Waals surface area contributed by atoms with E-state index in [1.165, 1.54) is 18.2 Å². The van der Waals surface area contributed by atoms with Gasteiger partial charge in [0, 0.05) is 13.2 Å². The molecule has 2 aliphatic rings. The molecule has 1 saturated carbocycles. The molecule has 2 N–H and O–H groups in total. The maximum Gasteiger partial charge on any atom is 0.335 e. The number of sulfone groups is 1. The zero-order chi connectivity index (χ0) is 28.4. The van der Waals surface area contributed by atoms with Crippen molar-refractivity contribution in [2.24, 2.45) is 0 Å². The minimum Gasteiger partial charge on any atom is -0.478 e. The van der Waals surface area contributed by atoms with E-state index in [1.807, 2.05) is 0 Å². The van der Waals surface area contributed by atoms with Gasteiger partial charge < -0.3 is 19.3 Å². The average molecular weight is 587 g/mol. The van der Waals surface area contributed by atoms with Gasteiger partial charge in [0.1, 0.15) is 5.75 Å². The second kappa shape index (κ2) is 11.7. The molecule has 2 aromatic carbocycles. The topological polar surface area (TPSA) is 141 Å². The van der Waals surface area contributed by atoms with E-state index in [9.17, 15) is 23.1 Å². The summed E-state index contributed by atoms with van der Waals surface area (Å²) in [6.07, 6.45) is 1.47. The number of carboxylic acid groups (broad SMARTS) is 1. The molecular formula is C28H30N2O8S2. The smallest absolute Gasteiger partial charge is 0.335 e. The molecule has 40 heavy (non-hydrogen) atoms. The van der Waals surface area contributed by atoms with Crippen LogP contribution in [-0.2, 0) is 24.1 Å². The quantitative estimate of drug-likeness (QED) is 0.333. The molecule has 1 aliphatic carbocycles. The number of thiazole rings is 1. The number of carbonyl (C=O) groups excluding carboxylic acids is 1. The van der Waals surface area contributed by atoms with Crippen LogP contribution in [0.25, 0.3) is 0 Å². The Hall–Kier alpha value is -3.32. The number of benzene rings is 2. The fraction of sp³-hybridized carbons (Fsp3) is 0.393. The monoisotopic (exact) mass is 586 g/mol. The molecule has 0 bridgehead atoms. The van der Waals surface area contributed by atoms with Crippen molar-refractivity contribution in [3.05, 3.63) is 64.8 Å². The van der Waals surface area contributed by atoms with E-state index in [0.29, 0.717) is 71.7 Å². The van der Waals surface area contributed by atoms with Crippen LogP contribution in [0.5, 0.6) is 10.8 Å². The molecule has 0 spiro atoms. The lowest BCUT2D eigenvalue weighted by atomic mass is 10.1. The molecule has 1 amide bonds. The van der Waals surface area contributed by atoms with E-state index in [2.05, 4.69) is 10.3 Å². The van der Waals surface area contributed by atoms with Gasteiger partial charge in [-0.25, -0.2) is 18.2 Å². The molecule has 1 saturated heterocycles. The number of carbonyl (C=O) groups is 2. The maximum absolute atomic E-state index is 13.5. The zero-order valence-corrected chi connectivity index (χ0v) is 23.7. The summed E-state index contributed by atoms with van der Waals surface area (Å²) in [4.78, 5) is 29.5. The van der Waals surface area contributed by atoms with E-state index in [0.717, 1.165) is 11.3 Å². The van der Waals surface area contributed by atoms with Crippen molar-refractivity contribution in [3.63, 3.8) is 0 Å². The lowest BCUT2D eigenvalue weighted by molar-refractivity contribution is -0.136. The highest BCUT2D eigenvalue weighted by Gasteiger charge is 2.37. The number of ether oxygens (including phenoxy) is 3. The van der Waals surface area contributed by atoms with Crippen LogP contribution in [-0.4, -0.2) is 55.0 Å². The van der Waals surface area contributed by atoms with Crippen molar-refractivity contribution in [1.82, 2.24) is 4.98 Å². The van der Waals surface area contributed by atoms with Gasteiger partial charge in [-0.1, -0.05) is 23.5 Å². The molecule has 1 aromatic heterocycles. The first-order valence-electron chi connectivity index (χ1n) is 13.0. The van der Waals surface area contributed by atoms with Crippen molar-refractivity contribution in [1.29, 1.82) is 0 Å². The predicted molar refractivity (Wildman–Crippen MR) is 148 cm³/mol. The Morgan fingerprint density at radius 3 is 2.40 bits per heavy atom. The minimum atomic E-state index is -3.35. The Kier molecular flexibility index (Phi) is 8.22. The average Bonchev–Trinajstić information content (AvgIpc) is 3.73. The summed E-state index contributed by atoms with van der Waals surface area (Å²) < 4.78 is 42.8. The van der Waals surface area contributed by atoms with Crippen molar-refractivity contribution in [3.8, 4) is 10.8 Å². The number of carboxylic acids is 1. The fourth-order valence-corrected chi connectivity index (χ4v) is 6.95. The Morgan fingerprint density at radius 2 is 1.77 bits per heavy atom. The van der Waals surface area contributed by atoms with Crippen molar-refractivity contribution in [2.75, 3.05) is 18.5 Å². The molecule has 12 heteroatoms. The lowest BCUT2D eigenvalue weighted by Crippen LogP contribution is -2.31. The van der Waals surface area contributed by atoms with E-state index < -0.39 is 27.8 Å². The third kappa shape index (κ3) is 6.35. The second-order valence-electron chi connectivity index (χ2n) is 9.91. The Balaban J connectivity index is 1.33. The van der Waals surface area contributed by atoms with Crippen LogP contribution in [0.2, 0.25) is 0 Å². The fourth-order valence-electron chi connectivity index (χ4n) is 4.45. The number of aromatic carboxylic acids is 1. The normalized spacial score (nSPS) is 16.9. The first kappa shape index (κ1) is 28.2. The molecule has 2 heterocycles. The standard InChI is InChI=1S/C28H30N2O8S2/c1-16-15-20(5-10-23(16)26(32)33)38-27-17(2)29-28(39-27)30-25(31)24(37-19-11-13-36-14-12-19)18-3-6-21(7-4-18)40(34,35)22-8-9-22/h3-7,10,15,19,22,24H,8-9,11-14H2,1-2H3,(H,32,33)(H,29,30,31). The maximum atomic E-state index is 13.5. The largest absolute Gasteiger partial charge is 0.478 e. The van der Waals surface area contributed by atoms with Gasteiger partial charge in [-0.05, 0) is 81.0 Å². The van der Waals surface area contributed by atoms with Gasteiger partial charge in [-0.15, -0.1) is 0 Å². The molecule has 2 fully saturated rings. The molecule has 10 nitrogen and oxygen atoms in total. The highest BCUT2D eigenvalue weighted by atomic mass is 32.2. The summed E-state index contributed by atoms with van der Waals surface area (Å²) in [6, 6.07) is 11.0. The van der Waals surface area contributed by atoms with Crippen LogP contribution in [0.3, 0.4) is 0 Å². The van der Waals surface area contributed by atoms with Crippen molar-refractivity contribution < 1.29 is 37.3 Å². The van der Waals surface area contributed by atoms with Gasteiger partial charge in [-0.2, -0.15) is 0 Å². The summed E-state index contributed by atoms with van der Waals surface area (Å²) in [5.41, 5.74) is 1.84. The molecule has 1 unspecified atom stereocenters. The number of rotatable bonds is 10. The predicted octanol–water partition coefficient (Wildman–Crippen LogP) is 5.06. The number of aromatic nitrogens is 1.